The molecule has 0 spiro atoms. The molecular weight excluding hydrogens is 344 g/mol. The van der Waals surface area contributed by atoms with Crippen LogP contribution in [0.25, 0.3) is 0 Å². The molecule has 1 aromatic carbocycles. The first-order valence-corrected chi connectivity index (χ1v) is 9.97. The number of nitrogens with zero attached hydrogens (tertiary/aromatic N) is 2. The second kappa shape index (κ2) is 8.85. The van der Waals surface area contributed by atoms with Crippen LogP contribution < -0.4 is 15.5 Å². The summed E-state index contributed by atoms with van der Waals surface area (Å²) < 4.78 is 0. The minimum absolute atomic E-state index is 0.222. The Bertz CT molecular complexity index is 740. The van der Waals surface area contributed by atoms with E-state index in [-0.39, 0.29) is 5.91 Å². The highest BCUT2D eigenvalue weighted by molar-refractivity contribution is 7.07. The van der Waals surface area contributed by atoms with Gasteiger partial charge in [0.1, 0.15) is 0 Å². The smallest absolute Gasteiger partial charge is 0.227 e. The minimum Gasteiger partial charge on any atom is -0.356 e. The lowest BCUT2D eigenvalue weighted by Gasteiger charge is -2.17. The highest BCUT2D eigenvalue weighted by atomic mass is 32.1. The molecule has 0 bridgehead atoms. The van der Waals surface area contributed by atoms with Crippen LogP contribution in [0.15, 0.2) is 46.1 Å². The molecule has 2 N–H and O–H groups in total. The molecule has 1 unspecified atom stereocenters. The molecule has 5 nitrogen and oxygen atoms in total. The van der Waals surface area contributed by atoms with Gasteiger partial charge >= 0.3 is 0 Å². The lowest BCUT2D eigenvalue weighted by Crippen LogP contribution is -2.38. The van der Waals surface area contributed by atoms with E-state index >= 15 is 0 Å². The third-order valence-corrected chi connectivity index (χ3v) is 5.39. The van der Waals surface area contributed by atoms with Gasteiger partial charge in [-0.15, -0.1) is 0 Å². The summed E-state index contributed by atoms with van der Waals surface area (Å²) in [5.41, 5.74) is 3.50. The first-order chi connectivity index (χ1) is 12.7. The molecular formula is C20H26N4OS. The number of rotatable bonds is 6. The molecule has 1 amide bonds. The van der Waals surface area contributed by atoms with Crippen LogP contribution in [0, 0.1) is 0 Å². The number of aliphatic imine (C=N–C) groups is 1. The number of benzene rings is 1. The molecule has 3 rings (SSSR count). The van der Waals surface area contributed by atoms with Gasteiger partial charge in [0.05, 0.1) is 0 Å². The van der Waals surface area contributed by atoms with Crippen LogP contribution in [-0.2, 0) is 11.3 Å². The third-order valence-electron chi connectivity index (χ3n) is 4.69. The Kier molecular flexibility index (Phi) is 6.28. The van der Waals surface area contributed by atoms with Crippen molar-refractivity contribution < 1.29 is 4.79 Å². The Morgan fingerprint density at radius 1 is 1.27 bits per heavy atom. The van der Waals surface area contributed by atoms with Crippen LogP contribution >= 0.6 is 11.3 Å². The summed E-state index contributed by atoms with van der Waals surface area (Å²) in [5, 5.41) is 11.0. The summed E-state index contributed by atoms with van der Waals surface area (Å²) in [6, 6.07) is 10.3. The maximum absolute atomic E-state index is 11.8. The Hall–Kier alpha value is -2.34. The average Bonchev–Trinajstić information content (AvgIpc) is 3.34. The van der Waals surface area contributed by atoms with Crippen LogP contribution in [0.1, 0.15) is 36.8 Å². The number of amides is 1. The SMILES string of the molecule is CN=C(NCc1ccc(N2CCCC2=O)cc1)NCC(C)c1ccsc1. The van der Waals surface area contributed by atoms with Gasteiger partial charge < -0.3 is 15.5 Å². The molecule has 1 saturated heterocycles. The van der Waals surface area contributed by atoms with E-state index in [4.69, 9.17) is 0 Å². The molecule has 26 heavy (non-hydrogen) atoms. The van der Waals surface area contributed by atoms with Gasteiger partial charge in [0.15, 0.2) is 5.96 Å². The van der Waals surface area contributed by atoms with Crippen molar-refractivity contribution in [3.63, 3.8) is 0 Å². The van der Waals surface area contributed by atoms with E-state index in [9.17, 15) is 4.79 Å². The predicted octanol–water partition coefficient (Wildman–Crippen LogP) is 3.34. The first kappa shape index (κ1) is 18.5. The van der Waals surface area contributed by atoms with Gasteiger partial charge in [-0.05, 0) is 52.4 Å². The number of anilines is 1. The fourth-order valence-electron chi connectivity index (χ4n) is 3.04. The van der Waals surface area contributed by atoms with Gasteiger partial charge in [0, 0.05) is 38.8 Å². The van der Waals surface area contributed by atoms with Crippen molar-refractivity contribution in [3.8, 4) is 0 Å². The second-order valence-corrected chi connectivity index (χ2v) is 7.36. The molecule has 0 radical (unpaired) electrons. The lowest BCUT2D eigenvalue weighted by atomic mass is 10.1. The Labute approximate surface area is 159 Å². The van der Waals surface area contributed by atoms with Crippen LogP contribution in [-0.4, -0.2) is 32.0 Å². The van der Waals surface area contributed by atoms with Crippen molar-refractivity contribution >= 4 is 28.9 Å². The van der Waals surface area contributed by atoms with Crippen LogP contribution in [0.5, 0.6) is 0 Å². The van der Waals surface area contributed by atoms with Crippen molar-refractivity contribution in [1.82, 2.24) is 10.6 Å². The first-order valence-electron chi connectivity index (χ1n) is 9.03. The number of carbonyl (C=O) groups is 1. The van der Waals surface area contributed by atoms with E-state index in [2.05, 4.69) is 51.5 Å². The Morgan fingerprint density at radius 3 is 2.69 bits per heavy atom. The van der Waals surface area contributed by atoms with Gasteiger partial charge in [0.25, 0.3) is 0 Å². The van der Waals surface area contributed by atoms with E-state index in [1.807, 2.05) is 17.0 Å². The van der Waals surface area contributed by atoms with Gasteiger partial charge in [0.2, 0.25) is 5.91 Å². The van der Waals surface area contributed by atoms with Gasteiger partial charge in [-0.25, -0.2) is 0 Å². The number of hydrogen-bond donors (Lipinski definition) is 2. The molecule has 0 aliphatic carbocycles. The highest BCUT2D eigenvalue weighted by Crippen LogP contribution is 2.21. The Balaban J connectivity index is 1.48. The van der Waals surface area contributed by atoms with E-state index in [0.29, 0.717) is 18.9 Å². The van der Waals surface area contributed by atoms with Crippen molar-refractivity contribution in [2.24, 2.45) is 4.99 Å². The van der Waals surface area contributed by atoms with E-state index in [0.717, 1.165) is 36.7 Å². The van der Waals surface area contributed by atoms with Gasteiger partial charge in [-0.1, -0.05) is 19.1 Å². The van der Waals surface area contributed by atoms with E-state index < -0.39 is 0 Å². The quantitative estimate of drug-likeness (QED) is 0.606. The van der Waals surface area contributed by atoms with Gasteiger partial charge in [-0.2, -0.15) is 11.3 Å². The molecule has 138 valence electrons. The second-order valence-electron chi connectivity index (χ2n) is 6.58. The summed E-state index contributed by atoms with van der Waals surface area (Å²) in [5.74, 6) is 1.46. The third kappa shape index (κ3) is 4.64. The van der Waals surface area contributed by atoms with Crippen molar-refractivity contribution in [2.75, 3.05) is 25.0 Å². The summed E-state index contributed by atoms with van der Waals surface area (Å²) in [6.07, 6.45) is 1.61. The average molecular weight is 371 g/mol. The van der Waals surface area contributed by atoms with Crippen LogP contribution in [0.3, 0.4) is 0 Å². The van der Waals surface area contributed by atoms with E-state index in [1.165, 1.54) is 5.56 Å². The number of guanidine groups is 1. The number of carbonyl (C=O) groups excluding carboxylic acids is 1. The number of nitrogens with one attached hydrogen (secondary N) is 2. The Morgan fingerprint density at radius 2 is 2.08 bits per heavy atom. The normalized spacial score (nSPS) is 16.0. The molecule has 2 aromatic rings. The van der Waals surface area contributed by atoms with Crippen LogP contribution in [0.2, 0.25) is 0 Å². The summed E-state index contributed by atoms with van der Waals surface area (Å²) in [6.45, 7) is 4.57. The summed E-state index contributed by atoms with van der Waals surface area (Å²) >= 11 is 1.73. The summed E-state index contributed by atoms with van der Waals surface area (Å²) in [4.78, 5) is 18.0. The summed E-state index contributed by atoms with van der Waals surface area (Å²) in [7, 11) is 1.78. The monoisotopic (exact) mass is 370 g/mol. The fourth-order valence-corrected chi connectivity index (χ4v) is 3.83. The van der Waals surface area contributed by atoms with Crippen molar-refractivity contribution in [2.45, 2.75) is 32.2 Å². The molecule has 0 saturated carbocycles. The molecule has 1 aliphatic heterocycles. The van der Waals surface area contributed by atoms with Gasteiger partial charge in [-0.3, -0.25) is 9.79 Å². The lowest BCUT2D eigenvalue weighted by molar-refractivity contribution is -0.117. The minimum atomic E-state index is 0.222. The molecule has 1 atom stereocenters. The predicted molar refractivity (Wildman–Crippen MR) is 109 cm³/mol. The zero-order valence-corrected chi connectivity index (χ0v) is 16.2. The maximum Gasteiger partial charge on any atom is 0.227 e. The molecule has 1 aromatic heterocycles. The number of hydrogen-bond acceptors (Lipinski definition) is 3. The molecule has 6 heteroatoms. The molecule has 1 fully saturated rings. The largest absolute Gasteiger partial charge is 0.356 e. The van der Waals surface area contributed by atoms with Crippen LogP contribution in [0.4, 0.5) is 5.69 Å². The molecule has 1 aliphatic rings. The zero-order valence-electron chi connectivity index (χ0n) is 15.4. The zero-order chi connectivity index (χ0) is 18.4. The molecule has 2 heterocycles. The standard InChI is InChI=1S/C20H26N4OS/c1-15(17-9-11-26-14-17)12-22-20(21-2)23-13-16-5-7-18(8-6-16)24-10-3-4-19(24)25/h5-9,11,14-15H,3-4,10,12-13H2,1-2H3,(H2,21,22,23). The fraction of sp³-hybridized carbons (Fsp3) is 0.400. The van der Waals surface area contributed by atoms with Crippen molar-refractivity contribution in [1.29, 1.82) is 0 Å². The van der Waals surface area contributed by atoms with E-state index in [1.54, 1.807) is 18.4 Å². The highest BCUT2D eigenvalue weighted by Gasteiger charge is 2.21. The topological polar surface area (TPSA) is 56.7 Å². The number of thiophene rings is 1. The van der Waals surface area contributed by atoms with Crippen molar-refractivity contribution in [3.05, 3.63) is 52.2 Å². The maximum atomic E-state index is 11.8.